The molecule has 2 saturated carbocycles. The predicted molar refractivity (Wildman–Crippen MR) is 94.2 cm³/mol. The zero-order valence-electron chi connectivity index (χ0n) is 14.8. The SMILES string of the molecule is O=C(CCc1ccncn1)N1C[C@H](c2nc(C3CC3)n[nH]2)[C@@H](C2CC2)C1. The Kier molecular flexibility index (Phi) is 3.94. The first-order chi connectivity index (χ1) is 12.8. The highest BCUT2D eigenvalue weighted by Crippen LogP contribution is 2.47. The van der Waals surface area contributed by atoms with Crippen molar-refractivity contribution in [3.8, 4) is 0 Å². The van der Waals surface area contributed by atoms with Gasteiger partial charge in [0.05, 0.1) is 0 Å². The summed E-state index contributed by atoms with van der Waals surface area (Å²) in [5.74, 6) is 4.33. The van der Waals surface area contributed by atoms with Gasteiger partial charge in [-0.3, -0.25) is 9.89 Å². The molecule has 3 heterocycles. The second-order valence-corrected chi connectivity index (χ2v) is 7.96. The Morgan fingerprint density at radius 2 is 2.12 bits per heavy atom. The Hall–Kier alpha value is -2.31. The molecule has 2 aliphatic carbocycles. The minimum Gasteiger partial charge on any atom is -0.342 e. The van der Waals surface area contributed by atoms with Crippen LogP contribution in [0.3, 0.4) is 0 Å². The van der Waals surface area contributed by atoms with Crippen LogP contribution in [0.2, 0.25) is 0 Å². The number of nitrogens with one attached hydrogen (secondary N) is 1. The topological polar surface area (TPSA) is 87.7 Å². The maximum absolute atomic E-state index is 12.7. The molecule has 3 fully saturated rings. The van der Waals surface area contributed by atoms with E-state index in [1.54, 1.807) is 6.20 Å². The minimum atomic E-state index is 0.221. The standard InChI is InChI=1S/C19H24N6O/c26-17(6-5-14-7-8-20-11-21-14)25-9-15(12-1-2-12)16(10-25)19-22-18(23-24-19)13-3-4-13/h7-8,11-13,15-16H,1-6,9-10H2,(H,22,23,24)/t15-,16+/m1/s1. The van der Waals surface area contributed by atoms with Crippen LogP contribution in [0.4, 0.5) is 0 Å². The van der Waals surface area contributed by atoms with Gasteiger partial charge in [0.1, 0.15) is 12.2 Å². The summed E-state index contributed by atoms with van der Waals surface area (Å²) in [6, 6.07) is 1.88. The molecule has 1 saturated heterocycles. The molecule has 1 amide bonds. The van der Waals surface area contributed by atoms with Crippen LogP contribution >= 0.6 is 0 Å². The highest BCUT2D eigenvalue weighted by molar-refractivity contribution is 5.76. The van der Waals surface area contributed by atoms with Crippen LogP contribution in [-0.2, 0) is 11.2 Å². The van der Waals surface area contributed by atoms with E-state index in [1.165, 1.54) is 32.0 Å². The quantitative estimate of drug-likeness (QED) is 0.860. The minimum absolute atomic E-state index is 0.221. The molecule has 2 aromatic rings. The number of carbonyl (C=O) groups is 1. The van der Waals surface area contributed by atoms with Gasteiger partial charge in [-0.2, -0.15) is 5.10 Å². The fraction of sp³-hybridized carbons (Fsp3) is 0.632. The fourth-order valence-electron chi connectivity index (χ4n) is 4.16. The molecule has 0 radical (unpaired) electrons. The molecule has 3 aliphatic rings. The Morgan fingerprint density at radius 1 is 1.23 bits per heavy atom. The van der Waals surface area contributed by atoms with Crippen LogP contribution < -0.4 is 0 Å². The third-order valence-corrected chi connectivity index (χ3v) is 6.00. The normalized spacial score (nSPS) is 25.6. The lowest BCUT2D eigenvalue weighted by molar-refractivity contribution is -0.130. The number of hydrogen-bond acceptors (Lipinski definition) is 5. The molecule has 0 unspecified atom stereocenters. The van der Waals surface area contributed by atoms with Crippen molar-refractivity contribution in [3.05, 3.63) is 35.9 Å². The summed E-state index contributed by atoms with van der Waals surface area (Å²) in [5, 5.41) is 7.61. The van der Waals surface area contributed by atoms with E-state index in [0.29, 0.717) is 30.6 Å². The zero-order chi connectivity index (χ0) is 17.5. The Labute approximate surface area is 152 Å². The van der Waals surface area contributed by atoms with Gasteiger partial charge in [-0.15, -0.1) is 0 Å². The predicted octanol–water partition coefficient (Wildman–Crippen LogP) is 2.06. The summed E-state index contributed by atoms with van der Waals surface area (Å²) in [5.41, 5.74) is 0.923. The number of rotatable bonds is 6. The number of aryl methyl sites for hydroxylation is 1. The number of aromatic amines is 1. The van der Waals surface area contributed by atoms with Crippen molar-refractivity contribution in [1.29, 1.82) is 0 Å². The van der Waals surface area contributed by atoms with Crippen molar-refractivity contribution < 1.29 is 4.79 Å². The van der Waals surface area contributed by atoms with Crippen LogP contribution in [0, 0.1) is 11.8 Å². The Bertz CT molecular complexity index is 782. The second kappa shape index (κ2) is 6.45. The smallest absolute Gasteiger partial charge is 0.222 e. The lowest BCUT2D eigenvalue weighted by Crippen LogP contribution is -2.29. The average Bonchev–Trinajstić information content (AvgIpc) is 3.61. The van der Waals surface area contributed by atoms with Gasteiger partial charge in [-0.05, 0) is 50.0 Å². The molecule has 1 N–H and O–H groups in total. The molecule has 7 heteroatoms. The van der Waals surface area contributed by atoms with Crippen LogP contribution in [-0.4, -0.2) is 49.0 Å². The van der Waals surface area contributed by atoms with Crippen LogP contribution in [0.5, 0.6) is 0 Å². The molecule has 1 aliphatic heterocycles. The number of hydrogen-bond donors (Lipinski definition) is 1. The van der Waals surface area contributed by atoms with Gasteiger partial charge in [-0.1, -0.05) is 0 Å². The van der Waals surface area contributed by atoms with Gasteiger partial charge in [0.25, 0.3) is 0 Å². The van der Waals surface area contributed by atoms with Gasteiger partial charge >= 0.3 is 0 Å². The third kappa shape index (κ3) is 3.22. The van der Waals surface area contributed by atoms with Gasteiger partial charge in [-0.25, -0.2) is 15.0 Å². The molecule has 2 aromatic heterocycles. The maximum atomic E-state index is 12.7. The molecule has 2 atom stereocenters. The summed E-state index contributed by atoms with van der Waals surface area (Å²) in [4.78, 5) is 27.7. The van der Waals surface area contributed by atoms with Gasteiger partial charge in [0.15, 0.2) is 5.82 Å². The Balaban J connectivity index is 1.26. The summed E-state index contributed by atoms with van der Waals surface area (Å²) < 4.78 is 0. The van der Waals surface area contributed by atoms with Crippen molar-refractivity contribution in [2.24, 2.45) is 11.8 Å². The monoisotopic (exact) mass is 352 g/mol. The molecular formula is C19H24N6O. The van der Waals surface area contributed by atoms with E-state index in [1.807, 2.05) is 11.0 Å². The zero-order valence-corrected chi connectivity index (χ0v) is 14.8. The number of carbonyl (C=O) groups excluding carboxylic acids is 1. The number of amides is 1. The number of H-pyrrole nitrogens is 1. The van der Waals surface area contributed by atoms with E-state index in [4.69, 9.17) is 4.98 Å². The lowest BCUT2D eigenvalue weighted by atomic mass is 9.91. The molecular weight excluding hydrogens is 328 g/mol. The largest absolute Gasteiger partial charge is 0.342 e. The summed E-state index contributed by atoms with van der Waals surface area (Å²) in [7, 11) is 0. The average molecular weight is 352 g/mol. The first-order valence-electron chi connectivity index (χ1n) is 9.73. The van der Waals surface area contributed by atoms with E-state index < -0.39 is 0 Å². The molecule has 7 nitrogen and oxygen atoms in total. The number of nitrogens with zero attached hydrogens (tertiary/aromatic N) is 5. The van der Waals surface area contributed by atoms with E-state index >= 15 is 0 Å². The van der Waals surface area contributed by atoms with Crippen LogP contribution in [0.1, 0.15) is 61.3 Å². The number of likely N-dealkylation sites (tertiary alicyclic amines) is 1. The number of aromatic nitrogens is 5. The molecule has 0 aromatic carbocycles. The van der Waals surface area contributed by atoms with Crippen LogP contribution in [0.25, 0.3) is 0 Å². The van der Waals surface area contributed by atoms with E-state index in [0.717, 1.165) is 36.4 Å². The lowest BCUT2D eigenvalue weighted by Gasteiger charge is -2.16. The summed E-state index contributed by atoms with van der Waals surface area (Å²) >= 11 is 0. The van der Waals surface area contributed by atoms with Crippen molar-refractivity contribution in [3.63, 3.8) is 0 Å². The van der Waals surface area contributed by atoms with Crippen LogP contribution in [0.15, 0.2) is 18.6 Å². The van der Waals surface area contributed by atoms with Gasteiger partial charge in [0, 0.05) is 43.2 Å². The maximum Gasteiger partial charge on any atom is 0.222 e. The van der Waals surface area contributed by atoms with Crippen molar-refractivity contribution >= 4 is 5.91 Å². The van der Waals surface area contributed by atoms with E-state index in [2.05, 4.69) is 20.2 Å². The van der Waals surface area contributed by atoms with Crippen molar-refractivity contribution in [2.75, 3.05) is 13.1 Å². The molecule has 5 rings (SSSR count). The van der Waals surface area contributed by atoms with E-state index in [9.17, 15) is 4.79 Å². The molecule has 0 bridgehead atoms. The summed E-state index contributed by atoms with van der Waals surface area (Å²) in [6.07, 6.45) is 9.43. The van der Waals surface area contributed by atoms with Gasteiger partial charge < -0.3 is 4.90 Å². The molecule has 0 spiro atoms. The van der Waals surface area contributed by atoms with Gasteiger partial charge in [0.2, 0.25) is 5.91 Å². The first-order valence-corrected chi connectivity index (χ1v) is 9.73. The molecule has 136 valence electrons. The molecule has 26 heavy (non-hydrogen) atoms. The fourth-order valence-corrected chi connectivity index (χ4v) is 4.16. The third-order valence-electron chi connectivity index (χ3n) is 6.00. The van der Waals surface area contributed by atoms with Crippen molar-refractivity contribution in [1.82, 2.24) is 30.0 Å². The first kappa shape index (κ1) is 15.9. The summed E-state index contributed by atoms with van der Waals surface area (Å²) in [6.45, 7) is 1.63. The Morgan fingerprint density at radius 3 is 2.85 bits per heavy atom. The van der Waals surface area contributed by atoms with Crippen molar-refractivity contribution in [2.45, 2.75) is 50.4 Å². The highest BCUT2D eigenvalue weighted by Gasteiger charge is 2.45. The highest BCUT2D eigenvalue weighted by atomic mass is 16.2. The van der Waals surface area contributed by atoms with E-state index in [-0.39, 0.29) is 5.91 Å². The second-order valence-electron chi connectivity index (χ2n) is 7.96.